The van der Waals surface area contributed by atoms with Crippen molar-refractivity contribution in [3.05, 3.63) is 51.5 Å². The maximum atomic E-state index is 14.2. The van der Waals surface area contributed by atoms with Crippen LogP contribution in [-0.2, 0) is 30.3 Å². The molecule has 11 heteroatoms. The number of ether oxygens (including phenoxy) is 2. The first-order valence-corrected chi connectivity index (χ1v) is 18.3. The Morgan fingerprint density at radius 2 is 1.94 bits per heavy atom. The smallest absolute Gasteiger partial charge is 0.303 e. The molecule has 0 saturated carbocycles. The summed E-state index contributed by atoms with van der Waals surface area (Å²) in [6.45, 7) is 13.3. The molecule has 4 rings (SSSR count). The van der Waals surface area contributed by atoms with Gasteiger partial charge in [0.2, 0.25) is 5.91 Å². The number of aromatic nitrogens is 1. The summed E-state index contributed by atoms with van der Waals surface area (Å²) in [6.07, 6.45) is 2.91. The first kappa shape index (κ1) is 37.7. The zero-order chi connectivity index (χ0) is 35.2. The van der Waals surface area contributed by atoms with Crippen molar-refractivity contribution in [2.24, 2.45) is 17.8 Å². The van der Waals surface area contributed by atoms with Crippen molar-refractivity contribution in [3.8, 4) is 0 Å². The third-order valence-electron chi connectivity index (χ3n) is 10.6. The maximum Gasteiger partial charge on any atom is 0.303 e. The van der Waals surface area contributed by atoms with Crippen LogP contribution in [0.1, 0.15) is 112 Å². The van der Waals surface area contributed by atoms with E-state index in [2.05, 4.69) is 21.3 Å². The number of nitrogens with zero attached hydrogens (tertiary/aromatic N) is 3. The summed E-state index contributed by atoms with van der Waals surface area (Å²) in [7, 11) is 3.77. The molecule has 2 amide bonds. The number of fused-ring (bicyclic) bond motifs is 1. The topological polar surface area (TPSA) is 118 Å². The Balaban J connectivity index is 1.48. The van der Waals surface area contributed by atoms with Crippen LogP contribution in [0.3, 0.4) is 0 Å². The van der Waals surface area contributed by atoms with Gasteiger partial charge in [0.05, 0.1) is 12.1 Å². The number of thiazole rings is 1. The van der Waals surface area contributed by atoms with Crippen molar-refractivity contribution in [3.63, 3.8) is 0 Å². The summed E-state index contributed by atoms with van der Waals surface area (Å²) < 4.78 is 11.7. The molecule has 3 heterocycles. The van der Waals surface area contributed by atoms with Gasteiger partial charge in [0.25, 0.3) is 5.91 Å². The van der Waals surface area contributed by atoms with Gasteiger partial charge in [-0.3, -0.25) is 24.1 Å². The van der Waals surface area contributed by atoms with Crippen molar-refractivity contribution in [2.45, 2.75) is 104 Å². The first-order valence-electron chi connectivity index (χ1n) is 17.4. The maximum absolute atomic E-state index is 14.2. The van der Waals surface area contributed by atoms with E-state index in [1.807, 2.05) is 59.9 Å². The zero-order valence-corrected chi connectivity index (χ0v) is 30.7. The quantitative estimate of drug-likeness (QED) is 0.236. The number of likely N-dealkylation sites (tertiary alicyclic amines) is 1. The zero-order valence-electron chi connectivity index (χ0n) is 29.9. The number of likely N-dealkylation sites (N-methyl/N-ethyl adjacent to an activating group) is 1. The highest BCUT2D eigenvalue weighted by molar-refractivity contribution is 7.09. The number of hydrogen-bond donors (Lipinski definition) is 1. The molecule has 2 aliphatic rings. The lowest BCUT2D eigenvalue weighted by Crippen LogP contribution is -2.50. The average Bonchev–Trinajstić information content (AvgIpc) is 3.70. The molecular weight excluding hydrogens is 628 g/mol. The number of carbonyl (C=O) groups is 4. The number of hydrogen-bond acceptors (Lipinski definition) is 9. The van der Waals surface area contributed by atoms with Gasteiger partial charge < -0.3 is 19.7 Å². The molecule has 0 radical (unpaired) electrons. The fraction of sp³-hybridized carbons (Fsp3) is 0.649. The lowest BCUT2D eigenvalue weighted by Gasteiger charge is -2.38. The van der Waals surface area contributed by atoms with Crippen LogP contribution in [0.15, 0.2) is 29.6 Å². The van der Waals surface area contributed by atoms with Gasteiger partial charge in [-0.1, -0.05) is 58.4 Å². The molecule has 1 fully saturated rings. The van der Waals surface area contributed by atoms with Gasteiger partial charge >= 0.3 is 5.97 Å². The van der Waals surface area contributed by atoms with Crippen LogP contribution in [0.2, 0.25) is 0 Å². The summed E-state index contributed by atoms with van der Waals surface area (Å²) in [6, 6.07) is 7.79. The Morgan fingerprint density at radius 1 is 1.21 bits per heavy atom. The molecule has 2 aliphatic heterocycles. The van der Waals surface area contributed by atoms with Gasteiger partial charge in [-0.15, -0.1) is 11.3 Å². The van der Waals surface area contributed by atoms with E-state index in [4.69, 9.17) is 9.47 Å². The highest BCUT2D eigenvalue weighted by Gasteiger charge is 2.44. The van der Waals surface area contributed by atoms with Crippen LogP contribution >= 0.6 is 11.3 Å². The molecule has 1 saturated heterocycles. The van der Waals surface area contributed by atoms with Crippen LogP contribution in [0, 0.1) is 17.8 Å². The molecule has 2 aromatic rings. The lowest BCUT2D eigenvalue weighted by molar-refractivity contribution is -0.149. The first-order chi connectivity index (χ1) is 22.8. The highest BCUT2D eigenvalue weighted by Crippen LogP contribution is 2.35. The van der Waals surface area contributed by atoms with Gasteiger partial charge in [-0.25, -0.2) is 4.98 Å². The Morgan fingerprint density at radius 3 is 2.58 bits per heavy atom. The second-order valence-corrected chi connectivity index (χ2v) is 15.0. The van der Waals surface area contributed by atoms with Gasteiger partial charge in [-0.05, 0) is 62.7 Å². The fourth-order valence-electron chi connectivity index (χ4n) is 7.07. The molecule has 0 spiro atoms. The molecule has 264 valence electrons. The summed E-state index contributed by atoms with van der Waals surface area (Å²) in [5.41, 5.74) is 1.99. The summed E-state index contributed by atoms with van der Waals surface area (Å²) >= 11 is 1.26. The van der Waals surface area contributed by atoms with Crippen molar-refractivity contribution >= 4 is 34.9 Å². The van der Waals surface area contributed by atoms with E-state index in [0.717, 1.165) is 37.8 Å². The van der Waals surface area contributed by atoms with Crippen molar-refractivity contribution in [1.82, 2.24) is 20.1 Å². The number of ketones is 1. The number of benzene rings is 1. The van der Waals surface area contributed by atoms with E-state index in [1.54, 1.807) is 17.3 Å². The number of amides is 2. The van der Waals surface area contributed by atoms with Crippen molar-refractivity contribution in [1.29, 1.82) is 0 Å². The van der Waals surface area contributed by atoms with E-state index in [1.165, 1.54) is 23.8 Å². The van der Waals surface area contributed by atoms with E-state index in [9.17, 15) is 19.2 Å². The Hall–Kier alpha value is -3.15. The molecule has 10 nitrogen and oxygen atoms in total. The summed E-state index contributed by atoms with van der Waals surface area (Å²) in [5.74, 6) is -1.19. The molecule has 48 heavy (non-hydrogen) atoms. The summed E-state index contributed by atoms with van der Waals surface area (Å²) in [5, 5.41) is 5.11. The Bertz CT molecular complexity index is 1440. The number of esters is 1. The van der Waals surface area contributed by atoms with Crippen LogP contribution in [0.5, 0.6) is 0 Å². The van der Waals surface area contributed by atoms with Gasteiger partial charge in [-0.2, -0.15) is 0 Å². The predicted molar refractivity (Wildman–Crippen MR) is 187 cm³/mol. The second kappa shape index (κ2) is 16.5. The highest BCUT2D eigenvalue weighted by atomic mass is 32.1. The predicted octanol–water partition coefficient (Wildman–Crippen LogP) is 5.77. The van der Waals surface area contributed by atoms with Crippen LogP contribution < -0.4 is 5.32 Å². The van der Waals surface area contributed by atoms with Gasteiger partial charge in [0.15, 0.2) is 11.9 Å². The molecular formula is C37H54N4O6S. The lowest BCUT2D eigenvalue weighted by atomic mass is 9.80. The minimum absolute atomic E-state index is 0.0174. The summed E-state index contributed by atoms with van der Waals surface area (Å²) in [4.78, 5) is 61.8. The molecule has 1 aromatic heterocycles. The molecule has 1 unspecified atom stereocenters. The number of rotatable bonds is 15. The minimum atomic E-state index is -0.750. The third kappa shape index (κ3) is 8.71. The van der Waals surface area contributed by atoms with E-state index in [-0.39, 0.29) is 53.7 Å². The van der Waals surface area contributed by atoms with E-state index in [0.29, 0.717) is 24.6 Å². The van der Waals surface area contributed by atoms with E-state index >= 15 is 0 Å². The van der Waals surface area contributed by atoms with Crippen molar-refractivity contribution < 1.29 is 28.7 Å². The Labute approximate surface area is 289 Å². The SMILES string of the molecule is CC[C@H](C)[C@H](CC(=O)[C@@]1(C)CCCN1C)C(=O)N(C)[C@H](C[C@@H](OC(C)=O)c1nc(C(=O)NCC2OCCc3ccccc32)cs1)C(C)C. The second-order valence-electron chi connectivity index (χ2n) is 14.1. The van der Waals surface area contributed by atoms with E-state index < -0.39 is 23.5 Å². The fourth-order valence-corrected chi connectivity index (χ4v) is 7.91. The van der Waals surface area contributed by atoms with Crippen molar-refractivity contribution in [2.75, 3.05) is 33.8 Å². The van der Waals surface area contributed by atoms with Crippen LogP contribution in [0.25, 0.3) is 0 Å². The Kier molecular flexibility index (Phi) is 12.9. The molecule has 0 bridgehead atoms. The largest absolute Gasteiger partial charge is 0.455 e. The van der Waals surface area contributed by atoms with Gasteiger partial charge in [0, 0.05) is 50.7 Å². The monoisotopic (exact) mass is 682 g/mol. The molecule has 6 atom stereocenters. The molecule has 0 aliphatic carbocycles. The third-order valence-corrected chi connectivity index (χ3v) is 11.5. The molecule has 1 aromatic carbocycles. The normalized spacial score (nSPS) is 22.0. The number of Topliss-reactive ketones (excluding diaryl/α,β-unsaturated/α-hetero) is 1. The van der Waals surface area contributed by atoms with Gasteiger partial charge in [0.1, 0.15) is 16.8 Å². The molecule has 1 N–H and O–H groups in total. The van der Waals surface area contributed by atoms with Crippen LogP contribution in [-0.4, -0.2) is 83.7 Å². The number of nitrogens with one attached hydrogen (secondary N) is 1. The average molecular weight is 683 g/mol. The minimum Gasteiger partial charge on any atom is -0.455 e. The van der Waals surface area contributed by atoms with Crippen LogP contribution in [0.4, 0.5) is 0 Å². The number of carbonyl (C=O) groups excluding carboxylic acids is 4. The standard InChI is InChI=1S/C37H54N4O6S/c1-9-24(4)28(19-33(43)37(6)16-12-17-40(37)7)36(45)41(8)30(23(2)3)20-31(47-25(5)42)35-39-29(22-48-35)34(44)38-21-32-27-14-11-10-13-26(27)15-18-46-32/h10-11,13-14,22-24,28,30-32H,9,12,15-21H2,1-8H3,(H,38,44)/t24-,28-,30+,31+,32?,37+/m0/s1.